The summed E-state index contributed by atoms with van der Waals surface area (Å²) in [6.07, 6.45) is 6.40. The lowest BCUT2D eigenvalue weighted by molar-refractivity contribution is -0.122. The van der Waals surface area contributed by atoms with Crippen LogP contribution in [0.1, 0.15) is 37.8 Å². The summed E-state index contributed by atoms with van der Waals surface area (Å²) in [6, 6.07) is 3.92. The van der Waals surface area contributed by atoms with Gasteiger partial charge in [0.1, 0.15) is 0 Å². The van der Waals surface area contributed by atoms with Crippen LogP contribution in [0.15, 0.2) is 24.5 Å². The Hall–Kier alpha value is -1.42. The van der Waals surface area contributed by atoms with E-state index in [2.05, 4.69) is 15.6 Å². The fourth-order valence-corrected chi connectivity index (χ4v) is 2.36. The molecule has 0 radical (unpaired) electrons. The summed E-state index contributed by atoms with van der Waals surface area (Å²) in [5, 5.41) is 6.36. The van der Waals surface area contributed by atoms with Gasteiger partial charge < -0.3 is 10.6 Å². The third-order valence-corrected chi connectivity index (χ3v) is 3.49. The van der Waals surface area contributed by atoms with Crippen LogP contribution in [0.3, 0.4) is 0 Å². The Kier molecular flexibility index (Phi) is 4.70. The van der Waals surface area contributed by atoms with Crippen LogP contribution in [0.25, 0.3) is 0 Å². The summed E-state index contributed by atoms with van der Waals surface area (Å²) in [4.78, 5) is 16.0. The third-order valence-electron chi connectivity index (χ3n) is 3.49. The van der Waals surface area contributed by atoms with Gasteiger partial charge in [-0.3, -0.25) is 9.78 Å². The number of carbonyl (C=O) groups is 1. The third kappa shape index (κ3) is 3.81. The second-order valence-electron chi connectivity index (χ2n) is 4.97. The van der Waals surface area contributed by atoms with Gasteiger partial charge in [-0.2, -0.15) is 0 Å². The van der Waals surface area contributed by atoms with Crippen LogP contribution in [0.5, 0.6) is 0 Å². The average Bonchev–Trinajstić information content (AvgIpc) is 2.40. The van der Waals surface area contributed by atoms with Crippen LogP contribution in [0.2, 0.25) is 0 Å². The summed E-state index contributed by atoms with van der Waals surface area (Å²) in [5.41, 5.74) is 1.05. The first-order valence-corrected chi connectivity index (χ1v) is 6.65. The minimum atomic E-state index is 0.0351. The van der Waals surface area contributed by atoms with E-state index >= 15 is 0 Å². The predicted octanol–water partition coefficient (Wildman–Crippen LogP) is 1.65. The normalized spacial score (nSPS) is 18.3. The average molecular weight is 247 g/mol. The number of nitrogens with zero attached hydrogens (tertiary/aromatic N) is 1. The van der Waals surface area contributed by atoms with Gasteiger partial charge in [0.15, 0.2) is 0 Å². The highest BCUT2D eigenvalue weighted by Crippen LogP contribution is 2.17. The highest BCUT2D eigenvalue weighted by atomic mass is 16.1. The molecule has 1 atom stereocenters. The maximum absolute atomic E-state index is 11.9. The molecule has 4 nitrogen and oxygen atoms in total. The van der Waals surface area contributed by atoms with Gasteiger partial charge in [-0.25, -0.2) is 0 Å². The summed E-state index contributed by atoms with van der Waals surface area (Å²) in [6.45, 7) is 4.07. The van der Waals surface area contributed by atoms with Gasteiger partial charge in [0.25, 0.3) is 0 Å². The molecule has 1 aliphatic rings. The molecule has 4 heteroatoms. The van der Waals surface area contributed by atoms with E-state index in [1.807, 2.05) is 19.1 Å². The van der Waals surface area contributed by atoms with Crippen molar-refractivity contribution in [3.05, 3.63) is 30.1 Å². The highest BCUT2D eigenvalue weighted by Gasteiger charge is 2.18. The van der Waals surface area contributed by atoms with E-state index in [0.29, 0.717) is 12.3 Å². The zero-order valence-corrected chi connectivity index (χ0v) is 10.9. The van der Waals surface area contributed by atoms with Gasteiger partial charge in [-0.15, -0.1) is 0 Å². The van der Waals surface area contributed by atoms with Crippen molar-refractivity contribution in [2.45, 2.75) is 32.2 Å². The van der Waals surface area contributed by atoms with E-state index in [1.165, 1.54) is 0 Å². The molecule has 2 rings (SSSR count). The molecule has 0 aromatic carbocycles. The van der Waals surface area contributed by atoms with Crippen LogP contribution in [0, 0.1) is 5.92 Å². The van der Waals surface area contributed by atoms with Crippen molar-refractivity contribution >= 4 is 5.91 Å². The maximum atomic E-state index is 11.9. The Morgan fingerprint density at radius 3 is 3.00 bits per heavy atom. The second kappa shape index (κ2) is 6.50. The van der Waals surface area contributed by atoms with Crippen molar-refractivity contribution < 1.29 is 4.79 Å². The van der Waals surface area contributed by atoms with Gasteiger partial charge in [0, 0.05) is 18.8 Å². The summed E-state index contributed by atoms with van der Waals surface area (Å²) in [7, 11) is 0. The first-order chi connectivity index (χ1) is 8.75. The number of piperidine rings is 1. The van der Waals surface area contributed by atoms with E-state index in [4.69, 9.17) is 0 Å². The smallest absolute Gasteiger partial charge is 0.220 e. The number of carbonyl (C=O) groups excluding carboxylic acids is 1. The minimum Gasteiger partial charge on any atom is -0.350 e. The molecule has 1 aromatic heterocycles. The Bertz CT molecular complexity index is 374. The molecular formula is C14H21N3O. The van der Waals surface area contributed by atoms with Crippen LogP contribution in [-0.4, -0.2) is 24.0 Å². The number of pyridine rings is 1. The Morgan fingerprint density at radius 1 is 1.56 bits per heavy atom. The van der Waals surface area contributed by atoms with E-state index in [-0.39, 0.29) is 11.9 Å². The molecule has 1 saturated heterocycles. The minimum absolute atomic E-state index is 0.0351. The van der Waals surface area contributed by atoms with Crippen LogP contribution in [-0.2, 0) is 4.79 Å². The highest BCUT2D eigenvalue weighted by molar-refractivity contribution is 5.76. The van der Waals surface area contributed by atoms with E-state index in [1.54, 1.807) is 12.4 Å². The molecule has 2 heterocycles. The van der Waals surface area contributed by atoms with Gasteiger partial charge in [0.2, 0.25) is 5.91 Å². The molecule has 1 aliphatic heterocycles. The van der Waals surface area contributed by atoms with Gasteiger partial charge in [-0.05, 0) is 50.4 Å². The molecule has 0 spiro atoms. The number of nitrogens with one attached hydrogen (secondary N) is 2. The molecule has 0 bridgehead atoms. The van der Waals surface area contributed by atoms with E-state index < -0.39 is 0 Å². The topological polar surface area (TPSA) is 54.0 Å². The number of hydrogen-bond acceptors (Lipinski definition) is 3. The first-order valence-electron chi connectivity index (χ1n) is 6.65. The lowest BCUT2D eigenvalue weighted by Crippen LogP contribution is -2.33. The van der Waals surface area contributed by atoms with Gasteiger partial charge >= 0.3 is 0 Å². The van der Waals surface area contributed by atoms with E-state index in [9.17, 15) is 4.79 Å². The molecule has 1 amide bonds. The molecule has 98 valence electrons. The van der Waals surface area contributed by atoms with Crippen LogP contribution < -0.4 is 10.6 Å². The zero-order valence-electron chi connectivity index (χ0n) is 10.9. The molecule has 2 N–H and O–H groups in total. The number of rotatable bonds is 4. The van der Waals surface area contributed by atoms with Gasteiger partial charge in [0.05, 0.1) is 6.04 Å². The number of hydrogen-bond donors (Lipinski definition) is 2. The fourth-order valence-electron chi connectivity index (χ4n) is 2.36. The molecule has 1 unspecified atom stereocenters. The van der Waals surface area contributed by atoms with Crippen molar-refractivity contribution in [3.8, 4) is 0 Å². The predicted molar refractivity (Wildman–Crippen MR) is 71.0 cm³/mol. The molecule has 0 saturated carbocycles. The largest absolute Gasteiger partial charge is 0.350 e. The zero-order chi connectivity index (χ0) is 12.8. The molecule has 1 aromatic rings. The SMILES string of the molecule is CC(NC(=O)CC1CCNCC1)c1cccnc1. The lowest BCUT2D eigenvalue weighted by atomic mass is 9.94. The molecule has 0 aliphatic carbocycles. The van der Waals surface area contributed by atoms with Crippen LogP contribution >= 0.6 is 0 Å². The monoisotopic (exact) mass is 247 g/mol. The van der Waals surface area contributed by atoms with Crippen molar-refractivity contribution in [2.75, 3.05) is 13.1 Å². The summed E-state index contributed by atoms with van der Waals surface area (Å²) < 4.78 is 0. The Morgan fingerprint density at radius 2 is 2.33 bits per heavy atom. The fraction of sp³-hybridized carbons (Fsp3) is 0.571. The number of aromatic nitrogens is 1. The second-order valence-corrected chi connectivity index (χ2v) is 4.97. The number of amides is 1. The first kappa shape index (κ1) is 13.0. The molecule has 18 heavy (non-hydrogen) atoms. The molecular weight excluding hydrogens is 226 g/mol. The lowest BCUT2D eigenvalue weighted by Gasteiger charge is -2.23. The standard InChI is InChI=1S/C14H21N3O/c1-11(13-3-2-6-16-10-13)17-14(18)9-12-4-7-15-8-5-12/h2-3,6,10-12,15H,4-5,7-9H2,1H3,(H,17,18). The van der Waals surface area contributed by atoms with Crippen LogP contribution in [0.4, 0.5) is 0 Å². The van der Waals surface area contributed by atoms with Gasteiger partial charge in [-0.1, -0.05) is 6.07 Å². The molecule has 1 fully saturated rings. The summed E-state index contributed by atoms with van der Waals surface area (Å²) >= 11 is 0. The van der Waals surface area contributed by atoms with E-state index in [0.717, 1.165) is 31.5 Å². The van der Waals surface area contributed by atoms with Crippen molar-refractivity contribution in [1.29, 1.82) is 0 Å². The Balaban J connectivity index is 1.80. The summed E-state index contributed by atoms with van der Waals surface area (Å²) in [5.74, 6) is 0.686. The Labute approximate surface area is 108 Å². The quantitative estimate of drug-likeness (QED) is 0.850. The maximum Gasteiger partial charge on any atom is 0.220 e. The van der Waals surface area contributed by atoms with Crippen molar-refractivity contribution in [2.24, 2.45) is 5.92 Å². The van der Waals surface area contributed by atoms with Crippen molar-refractivity contribution in [1.82, 2.24) is 15.6 Å². The van der Waals surface area contributed by atoms with Crippen molar-refractivity contribution in [3.63, 3.8) is 0 Å².